The van der Waals surface area contributed by atoms with Gasteiger partial charge in [-0.05, 0) is 39.7 Å². The van der Waals surface area contributed by atoms with Gasteiger partial charge in [-0.1, -0.05) is 6.07 Å². The fourth-order valence-corrected chi connectivity index (χ4v) is 2.45. The Morgan fingerprint density at radius 3 is 2.84 bits per heavy atom. The molecule has 5 heteroatoms. The highest BCUT2D eigenvalue weighted by Crippen LogP contribution is 2.25. The zero-order valence-corrected chi connectivity index (χ0v) is 12.8. The van der Waals surface area contributed by atoms with Crippen LogP contribution in [0.2, 0.25) is 0 Å². The third-order valence-electron chi connectivity index (χ3n) is 2.87. The molecule has 1 aromatic carbocycles. The van der Waals surface area contributed by atoms with Crippen LogP contribution in [0.5, 0.6) is 5.75 Å². The van der Waals surface area contributed by atoms with E-state index in [0.29, 0.717) is 0 Å². The lowest BCUT2D eigenvalue weighted by Crippen LogP contribution is -2.17. The van der Waals surface area contributed by atoms with Crippen LogP contribution in [-0.2, 0) is 20.0 Å². The Morgan fingerprint density at radius 2 is 2.21 bits per heavy atom. The molecule has 1 heterocycles. The van der Waals surface area contributed by atoms with Crippen LogP contribution in [0.4, 0.5) is 0 Å². The molecule has 0 spiro atoms. The Bertz CT molecular complexity index is 539. The highest BCUT2D eigenvalue weighted by molar-refractivity contribution is 9.10. The van der Waals surface area contributed by atoms with Crippen molar-refractivity contribution in [3.8, 4) is 5.75 Å². The molecule has 0 aliphatic heterocycles. The van der Waals surface area contributed by atoms with Gasteiger partial charge in [0, 0.05) is 32.8 Å². The van der Waals surface area contributed by atoms with Gasteiger partial charge in [-0.25, -0.2) is 0 Å². The minimum atomic E-state index is 0.843. The van der Waals surface area contributed by atoms with Gasteiger partial charge < -0.3 is 10.1 Å². The second-order valence-electron chi connectivity index (χ2n) is 4.38. The van der Waals surface area contributed by atoms with Gasteiger partial charge in [0.1, 0.15) is 5.75 Å². The van der Waals surface area contributed by atoms with Crippen molar-refractivity contribution >= 4 is 15.9 Å². The number of aryl methyl sites for hydroxylation is 1. The summed E-state index contributed by atoms with van der Waals surface area (Å²) in [6, 6.07) is 8.16. The fraction of sp³-hybridized carbons (Fsp3) is 0.357. The van der Waals surface area contributed by atoms with Crippen LogP contribution < -0.4 is 10.1 Å². The molecular weight excluding hydrogens is 306 g/mol. The number of nitrogens with zero attached hydrogens (tertiary/aromatic N) is 2. The number of aromatic nitrogens is 2. The predicted molar refractivity (Wildman–Crippen MR) is 79.3 cm³/mol. The average Bonchev–Trinajstić information content (AvgIpc) is 2.81. The molecule has 0 atom stereocenters. The van der Waals surface area contributed by atoms with Crippen molar-refractivity contribution in [1.29, 1.82) is 0 Å². The van der Waals surface area contributed by atoms with Crippen LogP contribution in [0.25, 0.3) is 0 Å². The SMILES string of the molecule is COc1ccc(CNCCc2ccn(C)n2)cc1Br. The zero-order chi connectivity index (χ0) is 13.7. The lowest BCUT2D eigenvalue weighted by atomic mass is 10.2. The minimum Gasteiger partial charge on any atom is -0.496 e. The predicted octanol–water partition coefficient (Wildman–Crippen LogP) is 2.52. The van der Waals surface area contributed by atoms with Crippen LogP contribution in [0, 0.1) is 0 Å². The van der Waals surface area contributed by atoms with Gasteiger partial charge in [0.2, 0.25) is 0 Å². The molecule has 2 aromatic rings. The summed E-state index contributed by atoms with van der Waals surface area (Å²) in [5.74, 6) is 0.859. The van der Waals surface area contributed by atoms with Gasteiger partial charge in [0.25, 0.3) is 0 Å². The summed E-state index contributed by atoms with van der Waals surface area (Å²) in [6.45, 7) is 1.76. The number of benzene rings is 1. The van der Waals surface area contributed by atoms with Crippen molar-refractivity contribution in [2.45, 2.75) is 13.0 Å². The third kappa shape index (κ3) is 4.08. The Labute approximate surface area is 121 Å². The number of nitrogens with one attached hydrogen (secondary N) is 1. The summed E-state index contributed by atoms with van der Waals surface area (Å²) < 4.78 is 8.02. The summed E-state index contributed by atoms with van der Waals surface area (Å²) in [5, 5.41) is 7.76. The van der Waals surface area contributed by atoms with Gasteiger partial charge in [-0.2, -0.15) is 5.10 Å². The molecule has 0 saturated heterocycles. The molecule has 1 N–H and O–H groups in total. The van der Waals surface area contributed by atoms with Gasteiger partial charge in [0.05, 0.1) is 17.3 Å². The van der Waals surface area contributed by atoms with Crippen LogP contribution >= 0.6 is 15.9 Å². The second-order valence-corrected chi connectivity index (χ2v) is 5.23. The lowest BCUT2D eigenvalue weighted by molar-refractivity contribution is 0.412. The summed E-state index contributed by atoms with van der Waals surface area (Å²) in [7, 11) is 3.61. The third-order valence-corrected chi connectivity index (χ3v) is 3.49. The molecule has 0 bridgehead atoms. The monoisotopic (exact) mass is 323 g/mol. The standard InChI is InChI=1S/C14H18BrN3O/c1-18-8-6-12(17-18)5-7-16-10-11-3-4-14(19-2)13(15)9-11/h3-4,6,8-9,16H,5,7,10H2,1-2H3. The van der Waals surface area contributed by atoms with E-state index in [-0.39, 0.29) is 0 Å². The molecule has 4 nitrogen and oxygen atoms in total. The number of rotatable bonds is 6. The van der Waals surface area contributed by atoms with E-state index in [9.17, 15) is 0 Å². The molecule has 0 aliphatic rings. The topological polar surface area (TPSA) is 39.1 Å². The number of halogens is 1. The first-order valence-corrected chi connectivity index (χ1v) is 7.00. The maximum atomic E-state index is 5.21. The Morgan fingerprint density at radius 1 is 1.37 bits per heavy atom. The highest BCUT2D eigenvalue weighted by Gasteiger charge is 2.01. The maximum absolute atomic E-state index is 5.21. The molecule has 0 amide bonds. The summed E-state index contributed by atoms with van der Waals surface area (Å²) in [5.41, 5.74) is 2.35. The molecule has 19 heavy (non-hydrogen) atoms. The average molecular weight is 324 g/mol. The van der Waals surface area contributed by atoms with E-state index in [4.69, 9.17) is 4.74 Å². The molecule has 0 aliphatic carbocycles. The van der Waals surface area contributed by atoms with Gasteiger partial charge >= 0.3 is 0 Å². The van der Waals surface area contributed by atoms with Crippen LogP contribution in [0.3, 0.4) is 0 Å². The Hall–Kier alpha value is -1.33. The molecular formula is C14H18BrN3O. The van der Waals surface area contributed by atoms with Gasteiger partial charge in [0.15, 0.2) is 0 Å². The first-order valence-electron chi connectivity index (χ1n) is 6.20. The van der Waals surface area contributed by atoms with Crippen LogP contribution in [0.15, 0.2) is 34.9 Å². The van der Waals surface area contributed by atoms with E-state index < -0.39 is 0 Å². The van der Waals surface area contributed by atoms with E-state index in [1.54, 1.807) is 7.11 Å². The van der Waals surface area contributed by atoms with Crippen molar-refractivity contribution in [2.24, 2.45) is 7.05 Å². The molecule has 1 aromatic heterocycles. The summed E-state index contributed by atoms with van der Waals surface area (Å²) in [6.07, 6.45) is 2.91. The van der Waals surface area contributed by atoms with E-state index >= 15 is 0 Å². The Kier molecular flexibility index (Phi) is 4.99. The van der Waals surface area contributed by atoms with E-state index in [0.717, 1.165) is 35.4 Å². The highest BCUT2D eigenvalue weighted by atomic mass is 79.9. The fourth-order valence-electron chi connectivity index (χ4n) is 1.87. The lowest BCUT2D eigenvalue weighted by Gasteiger charge is -2.07. The normalized spacial score (nSPS) is 10.7. The van der Waals surface area contributed by atoms with Crippen molar-refractivity contribution in [3.63, 3.8) is 0 Å². The Balaban J connectivity index is 1.78. The van der Waals surface area contributed by atoms with E-state index in [1.807, 2.05) is 30.1 Å². The van der Waals surface area contributed by atoms with Crippen LogP contribution in [0.1, 0.15) is 11.3 Å². The van der Waals surface area contributed by atoms with E-state index in [1.165, 1.54) is 5.56 Å². The van der Waals surface area contributed by atoms with Crippen molar-refractivity contribution < 1.29 is 4.74 Å². The molecule has 0 saturated carbocycles. The number of hydrogen-bond acceptors (Lipinski definition) is 3. The van der Waals surface area contributed by atoms with Crippen molar-refractivity contribution in [2.75, 3.05) is 13.7 Å². The smallest absolute Gasteiger partial charge is 0.133 e. The quantitative estimate of drug-likeness (QED) is 0.830. The summed E-state index contributed by atoms with van der Waals surface area (Å²) in [4.78, 5) is 0. The first kappa shape index (κ1) is 14.1. The van der Waals surface area contributed by atoms with Crippen LogP contribution in [-0.4, -0.2) is 23.4 Å². The number of hydrogen-bond donors (Lipinski definition) is 1. The molecule has 2 rings (SSSR count). The van der Waals surface area contributed by atoms with Crippen molar-refractivity contribution in [3.05, 3.63) is 46.2 Å². The zero-order valence-electron chi connectivity index (χ0n) is 11.2. The van der Waals surface area contributed by atoms with Gasteiger partial charge in [-0.15, -0.1) is 0 Å². The first-order chi connectivity index (χ1) is 9.19. The largest absolute Gasteiger partial charge is 0.496 e. The number of ether oxygens (including phenoxy) is 1. The van der Waals surface area contributed by atoms with E-state index in [2.05, 4.69) is 38.5 Å². The molecule has 0 unspecified atom stereocenters. The minimum absolute atomic E-state index is 0.843. The maximum Gasteiger partial charge on any atom is 0.133 e. The van der Waals surface area contributed by atoms with Crippen molar-refractivity contribution in [1.82, 2.24) is 15.1 Å². The molecule has 0 radical (unpaired) electrons. The van der Waals surface area contributed by atoms with Gasteiger partial charge in [-0.3, -0.25) is 4.68 Å². The molecule has 0 fully saturated rings. The molecule has 102 valence electrons. The number of methoxy groups -OCH3 is 1. The second kappa shape index (κ2) is 6.73. The summed E-state index contributed by atoms with van der Waals surface area (Å²) >= 11 is 3.49.